The number of aryl methyl sites for hydroxylation is 1. The second-order valence-corrected chi connectivity index (χ2v) is 5.74. The van der Waals surface area contributed by atoms with E-state index in [4.69, 9.17) is 11.6 Å². The highest BCUT2D eigenvalue weighted by atomic mass is 35.5. The Morgan fingerprint density at radius 1 is 1.47 bits per heavy atom. The maximum Gasteiger partial charge on any atom is 0.190 e. The van der Waals surface area contributed by atoms with Gasteiger partial charge in [-0.25, -0.2) is 15.0 Å². The highest BCUT2D eigenvalue weighted by Gasteiger charge is 2.03. The maximum atomic E-state index is 5.90. The summed E-state index contributed by atoms with van der Waals surface area (Å²) in [6.45, 7) is 2.69. The molecule has 0 aliphatic heterocycles. The number of aromatic nitrogens is 3. The normalized spacial score (nSPS) is 10.5. The second kappa shape index (κ2) is 5.66. The van der Waals surface area contributed by atoms with Gasteiger partial charge < -0.3 is 5.32 Å². The first kappa shape index (κ1) is 12.6. The molecule has 0 saturated carbocycles. The smallest absolute Gasteiger partial charge is 0.190 e. The van der Waals surface area contributed by atoms with Crippen molar-refractivity contribution in [1.29, 1.82) is 0 Å². The number of halogens is 1. The molecule has 2 aromatic rings. The molecule has 2 heterocycles. The van der Waals surface area contributed by atoms with E-state index in [1.54, 1.807) is 17.4 Å². The number of rotatable bonds is 4. The van der Waals surface area contributed by atoms with E-state index < -0.39 is 0 Å². The minimum atomic E-state index is 0.451. The van der Waals surface area contributed by atoms with Crippen LogP contribution in [0.2, 0.25) is 5.15 Å². The summed E-state index contributed by atoms with van der Waals surface area (Å²) in [6, 6.07) is 1.72. The molecule has 17 heavy (non-hydrogen) atoms. The Labute approximate surface area is 113 Å². The Hall–Kier alpha value is -0.850. The Morgan fingerprint density at radius 2 is 2.29 bits per heavy atom. The number of thiazole rings is 1. The van der Waals surface area contributed by atoms with Crippen molar-refractivity contribution in [3.63, 3.8) is 0 Å². The van der Waals surface area contributed by atoms with Crippen molar-refractivity contribution in [2.45, 2.75) is 18.6 Å². The van der Waals surface area contributed by atoms with Crippen LogP contribution in [-0.4, -0.2) is 21.2 Å². The number of thioether (sulfide) groups is 1. The molecule has 2 aromatic heterocycles. The Kier molecular flexibility index (Phi) is 4.20. The van der Waals surface area contributed by atoms with Gasteiger partial charge in [0.05, 0.1) is 11.6 Å². The zero-order valence-electron chi connectivity index (χ0n) is 9.40. The summed E-state index contributed by atoms with van der Waals surface area (Å²) in [4.78, 5) is 13.8. The van der Waals surface area contributed by atoms with Crippen molar-refractivity contribution < 1.29 is 0 Å². The van der Waals surface area contributed by atoms with Crippen molar-refractivity contribution in [3.05, 3.63) is 27.3 Å². The van der Waals surface area contributed by atoms with Gasteiger partial charge in [-0.15, -0.1) is 11.3 Å². The molecule has 0 amide bonds. The third-order valence-electron chi connectivity index (χ3n) is 1.97. The first-order chi connectivity index (χ1) is 8.17. The lowest BCUT2D eigenvalue weighted by molar-refractivity contribution is 0.959. The van der Waals surface area contributed by atoms with Crippen LogP contribution in [0.1, 0.15) is 9.88 Å². The Balaban J connectivity index is 2.05. The molecule has 1 N–H and O–H groups in total. The van der Waals surface area contributed by atoms with Crippen LogP contribution < -0.4 is 5.32 Å². The minimum Gasteiger partial charge on any atom is -0.365 e. The summed E-state index contributed by atoms with van der Waals surface area (Å²) in [5, 5.41) is 5.39. The molecule has 0 aromatic carbocycles. The zero-order valence-corrected chi connectivity index (χ0v) is 11.8. The molecule has 0 bridgehead atoms. The second-order valence-electron chi connectivity index (χ2n) is 3.26. The number of nitrogens with one attached hydrogen (secondary N) is 1. The van der Waals surface area contributed by atoms with Crippen LogP contribution >= 0.6 is 34.7 Å². The van der Waals surface area contributed by atoms with Crippen LogP contribution in [0.15, 0.2) is 17.4 Å². The number of anilines is 1. The van der Waals surface area contributed by atoms with Crippen LogP contribution in [0.5, 0.6) is 0 Å². The first-order valence-corrected chi connectivity index (χ1v) is 7.33. The lowest BCUT2D eigenvalue weighted by Crippen LogP contribution is -2.01. The van der Waals surface area contributed by atoms with Gasteiger partial charge in [0.15, 0.2) is 5.16 Å². The zero-order chi connectivity index (χ0) is 12.3. The molecular formula is C10H11ClN4S2. The fourth-order valence-electron chi connectivity index (χ4n) is 1.24. The molecule has 0 saturated heterocycles. The summed E-state index contributed by atoms with van der Waals surface area (Å²) >= 11 is 9.03. The van der Waals surface area contributed by atoms with E-state index in [0.29, 0.717) is 16.9 Å². The standard InChI is InChI=1S/C10H11ClN4S2/c1-6-12-4-7(17-6)5-13-9-3-8(11)14-10(15-9)16-2/h3-4H,5H2,1-2H3,(H,13,14,15). The van der Waals surface area contributed by atoms with Crippen molar-refractivity contribution in [1.82, 2.24) is 15.0 Å². The third kappa shape index (κ3) is 3.55. The van der Waals surface area contributed by atoms with E-state index in [1.807, 2.05) is 19.4 Å². The SMILES string of the molecule is CSc1nc(Cl)cc(NCc2cnc(C)s2)n1. The number of hydrogen-bond acceptors (Lipinski definition) is 6. The van der Waals surface area contributed by atoms with Gasteiger partial charge in [-0.3, -0.25) is 0 Å². The predicted molar refractivity (Wildman–Crippen MR) is 73.0 cm³/mol. The monoisotopic (exact) mass is 286 g/mol. The molecule has 0 atom stereocenters. The summed E-state index contributed by atoms with van der Waals surface area (Å²) in [5.74, 6) is 0.736. The van der Waals surface area contributed by atoms with E-state index >= 15 is 0 Å². The van der Waals surface area contributed by atoms with Gasteiger partial charge in [0, 0.05) is 17.1 Å². The summed E-state index contributed by atoms with van der Waals surface area (Å²) in [6.07, 6.45) is 3.78. The summed E-state index contributed by atoms with van der Waals surface area (Å²) in [7, 11) is 0. The van der Waals surface area contributed by atoms with Gasteiger partial charge >= 0.3 is 0 Å². The fraction of sp³-hybridized carbons (Fsp3) is 0.300. The van der Waals surface area contributed by atoms with Gasteiger partial charge in [-0.05, 0) is 13.2 Å². The molecule has 4 nitrogen and oxygen atoms in total. The molecule has 2 rings (SSSR count). The molecular weight excluding hydrogens is 276 g/mol. The first-order valence-electron chi connectivity index (χ1n) is 4.91. The highest BCUT2D eigenvalue weighted by Crippen LogP contribution is 2.18. The van der Waals surface area contributed by atoms with Crippen molar-refractivity contribution in [2.24, 2.45) is 0 Å². The van der Waals surface area contributed by atoms with Gasteiger partial charge in [-0.2, -0.15) is 0 Å². The predicted octanol–water partition coefficient (Wildman–Crippen LogP) is 3.23. The van der Waals surface area contributed by atoms with Crippen LogP contribution in [0.25, 0.3) is 0 Å². The van der Waals surface area contributed by atoms with Crippen LogP contribution in [0.4, 0.5) is 5.82 Å². The van der Waals surface area contributed by atoms with E-state index in [2.05, 4.69) is 20.3 Å². The van der Waals surface area contributed by atoms with Crippen LogP contribution in [0.3, 0.4) is 0 Å². The molecule has 0 radical (unpaired) electrons. The van der Waals surface area contributed by atoms with Crippen LogP contribution in [0, 0.1) is 6.92 Å². The number of nitrogens with zero attached hydrogens (tertiary/aromatic N) is 3. The van der Waals surface area contributed by atoms with Gasteiger partial charge in [-0.1, -0.05) is 23.4 Å². The topological polar surface area (TPSA) is 50.7 Å². The molecule has 0 aliphatic rings. The average molecular weight is 287 g/mol. The van der Waals surface area contributed by atoms with E-state index in [-0.39, 0.29) is 0 Å². The average Bonchev–Trinajstić information content (AvgIpc) is 2.72. The van der Waals surface area contributed by atoms with Crippen LogP contribution in [-0.2, 0) is 6.54 Å². The van der Waals surface area contributed by atoms with E-state index in [9.17, 15) is 0 Å². The Morgan fingerprint density at radius 3 is 2.94 bits per heavy atom. The quantitative estimate of drug-likeness (QED) is 0.531. The summed E-state index contributed by atoms with van der Waals surface area (Å²) < 4.78 is 0. The molecule has 0 unspecified atom stereocenters. The molecule has 0 fully saturated rings. The largest absolute Gasteiger partial charge is 0.365 e. The molecule has 0 spiro atoms. The highest BCUT2D eigenvalue weighted by molar-refractivity contribution is 7.98. The molecule has 0 aliphatic carbocycles. The van der Waals surface area contributed by atoms with E-state index in [0.717, 1.165) is 10.8 Å². The number of hydrogen-bond donors (Lipinski definition) is 1. The third-order valence-corrected chi connectivity index (χ3v) is 3.62. The Bertz CT molecular complexity index is 515. The van der Waals surface area contributed by atoms with Gasteiger partial charge in [0.25, 0.3) is 0 Å². The maximum absolute atomic E-state index is 5.90. The van der Waals surface area contributed by atoms with E-state index in [1.165, 1.54) is 16.6 Å². The van der Waals surface area contributed by atoms with Gasteiger partial charge in [0.1, 0.15) is 11.0 Å². The van der Waals surface area contributed by atoms with Crippen molar-refractivity contribution >= 4 is 40.5 Å². The minimum absolute atomic E-state index is 0.451. The lowest BCUT2D eigenvalue weighted by atomic mass is 10.5. The van der Waals surface area contributed by atoms with Crippen molar-refractivity contribution in [2.75, 3.05) is 11.6 Å². The molecule has 90 valence electrons. The van der Waals surface area contributed by atoms with Crippen molar-refractivity contribution in [3.8, 4) is 0 Å². The van der Waals surface area contributed by atoms with Gasteiger partial charge in [0.2, 0.25) is 0 Å². The summed E-state index contributed by atoms with van der Waals surface area (Å²) in [5.41, 5.74) is 0. The lowest BCUT2D eigenvalue weighted by Gasteiger charge is -2.05. The molecule has 7 heteroatoms. The fourth-order valence-corrected chi connectivity index (χ4v) is 2.59.